The monoisotopic (exact) mass is 317 g/mol. The predicted molar refractivity (Wildman–Crippen MR) is 77.0 cm³/mol. The molecular weight excluding hydrogens is 306 g/mol. The molecule has 0 spiro atoms. The molecule has 0 aliphatic rings. The van der Waals surface area contributed by atoms with Gasteiger partial charge in [-0.05, 0) is 40.2 Å². The molecule has 0 aliphatic carbocycles. The quantitative estimate of drug-likeness (QED) is 0.939. The number of hydrogen-bond donors (Lipinski definition) is 1. The molecule has 1 aromatic heterocycles. The largest absolute Gasteiger partial charge is 0.481 e. The summed E-state index contributed by atoms with van der Waals surface area (Å²) in [5.74, 6) is 0.596. The van der Waals surface area contributed by atoms with E-state index < -0.39 is 0 Å². The van der Waals surface area contributed by atoms with Gasteiger partial charge in [-0.25, -0.2) is 4.98 Å². The summed E-state index contributed by atoms with van der Waals surface area (Å²) in [6.45, 7) is 0.585. The standard InChI is InChI=1S/C14H12BrN3O/c1-19-14-4-2-3-11(18-14)9-17-13-6-5-10(8-16)7-12(13)15/h2-7,17H,9H2,1H3. The molecule has 0 bridgehead atoms. The van der Waals surface area contributed by atoms with E-state index >= 15 is 0 Å². The van der Waals surface area contributed by atoms with Crippen LogP contribution in [0.4, 0.5) is 5.69 Å². The second-order valence-corrected chi connectivity index (χ2v) is 4.69. The second-order valence-electron chi connectivity index (χ2n) is 3.83. The van der Waals surface area contributed by atoms with E-state index in [0.29, 0.717) is 18.0 Å². The Morgan fingerprint density at radius 1 is 1.37 bits per heavy atom. The number of nitriles is 1. The van der Waals surface area contributed by atoms with E-state index in [2.05, 4.69) is 32.3 Å². The van der Waals surface area contributed by atoms with Crippen LogP contribution in [0.2, 0.25) is 0 Å². The van der Waals surface area contributed by atoms with Gasteiger partial charge in [0.2, 0.25) is 5.88 Å². The average molecular weight is 318 g/mol. The minimum atomic E-state index is 0.585. The highest BCUT2D eigenvalue weighted by molar-refractivity contribution is 9.10. The number of aromatic nitrogens is 1. The van der Waals surface area contributed by atoms with Crippen LogP contribution in [0.3, 0.4) is 0 Å². The molecule has 1 heterocycles. The van der Waals surface area contributed by atoms with E-state index in [1.165, 1.54) is 0 Å². The van der Waals surface area contributed by atoms with Crippen molar-refractivity contribution >= 4 is 21.6 Å². The lowest BCUT2D eigenvalue weighted by molar-refractivity contribution is 0.396. The van der Waals surface area contributed by atoms with E-state index in [1.807, 2.05) is 18.2 Å². The van der Waals surface area contributed by atoms with Gasteiger partial charge in [-0.1, -0.05) is 6.07 Å². The Hall–Kier alpha value is -2.06. The first-order valence-corrected chi connectivity index (χ1v) is 6.45. The number of anilines is 1. The fourth-order valence-corrected chi connectivity index (χ4v) is 2.10. The molecule has 0 unspecified atom stereocenters. The fourth-order valence-electron chi connectivity index (χ4n) is 1.58. The lowest BCUT2D eigenvalue weighted by Gasteiger charge is -2.09. The zero-order valence-electron chi connectivity index (χ0n) is 10.4. The summed E-state index contributed by atoms with van der Waals surface area (Å²) in [6, 6.07) is 13.1. The van der Waals surface area contributed by atoms with Gasteiger partial charge in [-0.15, -0.1) is 0 Å². The van der Waals surface area contributed by atoms with Crippen LogP contribution in [0.15, 0.2) is 40.9 Å². The first kappa shape index (κ1) is 13.4. The highest BCUT2D eigenvalue weighted by Gasteiger charge is 2.02. The van der Waals surface area contributed by atoms with Gasteiger partial charge in [0.15, 0.2) is 0 Å². The first-order chi connectivity index (χ1) is 9.22. The van der Waals surface area contributed by atoms with Gasteiger partial charge in [0.05, 0.1) is 31.0 Å². The zero-order valence-corrected chi connectivity index (χ0v) is 11.9. The Bertz CT molecular complexity index is 622. The molecule has 0 amide bonds. The average Bonchev–Trinajstić information content (AvgIpc) is 2.46. The molecular formula is C14H12BrN3O. The summed E-state index contributed by atoms with van der Waals surface area (Å²) >= 11 is 3.43. The van der Waals surface area contributed by atoms with Crippen molar-refractivity contribution < 1.29 is 4.74 Å². The van der Waals surface area contributed by atoms with Gasteiger partial charge in [0.1, 0.15) is 0 Å². The molecule has 0 aliphatic heterocycles. The molecule has 1 N–H and O–H groups in total. The number of hydrogen-bond acceptors (Lipinski definition) is 4. The van der Waals surface area contributed by atoms with Gasteiger partial charge in [0.25, 0.3) is 0 Å². The summed E-state index contributed by atoms with van der Waals surface area (Å²) in [5.41, 5.74) is 2.43. The van der Waals surface area contributed by atoms with Crippen molar-refractivity contribution in [3.8, 4) is 11.9 Å². The molecule has 0 saturated carbocycles. The van der Waals surface area contributed by atoms with Crippen molar-refractivity contribution in [1.29, 1.82) is 5.26 Å². The molecule has 0 radical (unpaired) electrons. The lowest BCUT2D eigenvalue weighted by Crippen LogP contribution is -2.03. The third-order valence-corrected chi connectivity index (χ3v) is 3.20. The Kier molecular flexibility index (Phi) is 4.37. The van der Waals surface area contributed by atoms with E-state index in [9.17, 15) is 0 Å². The maximum absolute atomic E-state index is 8.80. The number of halogens is 1. The van der Waals surface area contributed by atoms with Crippen LogP contribution in [-0.4, -0.2) is 12.1 Å². The molecule has 2 rings (SSSR count). The maximum atomic E-state index is 8.80. The third-order valence-electron chi connectivity index (χ3n) is 2.55. The van der Waals surface area contributed by atoms with E-state index in [1.54, 1.807) is 25.3 Å². The Morgan fingerprint density at radius 2 is 2.21 bits per heavy atom. The second kappa shape index (κ2) is 6.21. The van der Waals surface area contributed by atoms with Crippen LogP contribution in [0, 0.1) is 11.3 Å². The van der Waals surface area contributed by atoms with Gasteiger partial charge >= 0.3 is 0 Å². The highest BCUT2D eigenvalue weighted by Crippen LogP contribution is 2.23. The molecule has 1 aromatic carbocycles. The molecule has 0 fully saturated rings. The molecule has 96 valence electrons. The number of methoxy groups -OCH3 is 1. The van der Waals surface area contributed by atoms with Crippen LogP contribution in [-0.2, 0) is 6.54 Å². The first-order valence-electron chi connectivity index (χ1n) is 5.66. The predicted octanol–water partition coefficient (Wildman–Crippen LogP) is 3.34. The number of benzene rings is 1. The fraction of sp³-hybridized carbons (Fsp3) is 0.143. The van der Waals surface area contributed by atoms with Crippen LogP contribution in [0.25, 0.3) is 0 Å². The maximum Gasteiger partial charge on any atom is 0.213 e. The lowest BCUT2D eigenvalue weighted by atomic mass is 10.2. The smallest absolute Gasteiger partial charge is 0.213 e. The SMILES string of the molecule is COc1cccc(CNc2ccc(C#N)cc2Br)n1. The third kappa shape index (κ3) is 3.46. The summed E-state index contributed by atoms with van der Waals surface area (Å²) in [6.07, 6.45) is 0. The van der Waals surface area contributed by atoms with Crippen molar-refractivity contribution in [1.82, 2.24) is 4.98 Å². The molecule has 2 aromatic rings. The van der Waals surface area contributed by atoms with Gasteiger partial charge in [0, 0.05) is 16.2 Å². The van der Waals surface area contributed by atoms with Crippen LogP contribution < -0.4 is 10.1 Å². The molecule has 4 nitrogen and oxygen atoms in total. The van der Waals surface area contributed by atoms with E-state index in [4.69, 9.17) is 10.00 Å². The minimum Gasteiger partial charge on any atom is -0.481 e. The van der Waals surface area contributed by atoms with E-state index in [0.717, 1.165) is 15.9 Å². The van der Waals surface area contributed by atoms with Crippen LogP contribution in [0.5, 0.6) is 5.88 Å². The molecule has 5 heteroatoms. The Morgan fingerprint density at radius 3 is 2.89 bits per heavy atom. The number of nitrogens with one attached hydrogen (secondary N) is 1. The summed E-state index contributed by atoms with van der Waals surface area (Å²) < 4.78 is 5.93. The van der Waals surface area contributed by atoms with Crippen LogP contribution >= 0.6 is 15.9 Å². The minimum absolute atomic E-state index is 0.585. The molecule has 0 atom stereocenters. The summed E-state index contributed by atoms with van der Waals surface area (Å²) in [4.78, 5) is 4.32. The molecule has 19 heavy (non-hydrogen) atoms. The van der Waals surface area contributed by atoms with Crippen molar-refractivity contribution in [3.63, 3.8) is 0 Å². The van der Waals surface area contributed by atoms with Crippen molar-refractivity contribution in [2.24, 2.45) is 0 Å². The Labute approximate surface area is 120 Å². The number of nitrogens with zero attached hydrogens (tertiary/aromatic N) is 2. The topological polar surface area (TPSA) is 57.9 Å². The van der Waals surface area contributed by atoms with Crippen molar-refractivity contribution in [2.75, 3.05) is 12.4 Å². The Balaban J connectivity index is 2.08. The number of ether oxygens (including phenoxy) is 1. The molecule has 0 saturated heterocycles. The van der Waals surface area contributed by atoms with Gasteiger partial charge in [-0.2, -0.15) is 5.26 Å². The van der Waals surface area contributed by atoms with E-state index in [-0.39, 0.29) is 0 Å². The van der Waals surface area contributed by atoms with Gasteiger partial charge < -0.3 is 10.1 Å². The van der Waals surface area contributed by atoms with Crippen molar-refractivity contribution in [2.45, 2.75) is 6.54 Å². The normalized spacial score (nSPS) is 9.74. The van der Waals surface area contributed by atoms with Gasteiger partial charge in [-0.3, -0.25) is 0 Å². The number of rotatable bonds is 4. The highest BCUT2D eigenvalue weighted by atomic mass is 79.9. The number of pyridine rings is 1. The van der Waals surface area contributed by atoms with Crippen molar-refractivity contribution in [3.05, 3.63) is 52.1 Å². The summed E-state index contributed by atoms with van der Waals surface area (Å²) in [7, 11) is 1.59. The zero-order chi connectivity index (χ0) is 13.7. The summed E-state index contributed by atoms with van der Waals surface area (Å²) in [5, 5.41) is 12.1. The van der Waals surface area contributed by atoms with Crippen LogP contribution in [0.1, 0.15) is 11.3 Å².